The predicted molar refractivity (Wildman–Crippen MR) is 73.3 cm³/mol. The molecule has 2 unspecified atom stereocenters. The molecular weight excluding hydrogens is 212 g/mol. The summed E-state index contributed by atoms with van der Waals surface area (Å²) in [5.41, 5.74) is 0. The van der Waals surface area contributed by atoms with Gasteiger partial charge in [-0.3, -0.25) is 0 Å². The quantitative estimate of drug-likeness (QED) is 0.739. The van der Waals surface area contributed by atoms with Gasteiger partial charge >= 0.3 is 0 Å². The van der Waals surface area contributed by atoms with Crippen molar-refractivity contribution in [1.29, 1.82) is 0 Å². The molecule has 0 aromatic rings. The van der Waals surface area contributed by atoms with Gasteiger partial charge in [-0.1, -0.05) is 20.3 Å². The van der Waals surface area contributed by atoms with Crippen molar-refractivity contribution in [2.75, 3.05) is 40.4 Å². The summed E-state index contributed by atoms with van der Waals surface area (Å²) in [6.45, 7) is 8.84. The summed E-state index contributed by atoms with van der Waals surface area (Å²) in [6.07, 6.45) is 4.19. The molecule has 0 heterocycles. The average Bonchev–Trinajstić information content (AvgIpc) is 2.30. The average molecular weight is 242 g/mol. The van der Waals surface area contributed by atoms with Crippen molar-refractivity contribution in [2.24, 2.45) is 11.8 Å². The molecule has 0 saturated heterocycles. The third-order valence-electron chi connectivity index (χ3n) is 4.10. The lowest BCUT2D eigenvalue weighted by Crippen LogP contribution is -2.45. The molecule has 1 saturated carbocycles. The van der Waals surface area contributed by atoms with Gasteiger partial charge in [0.15, 0.2) is 0 Å². The molecule has 0 amide bonds. The molecule has 1 fully saturated rings. The van der Waals surface area contributed by atoms with E-state index < -0.39 is 0 Å². The molecule has 0 aromatic carbocycles. The van der Waals surface area contributed by atoms with E-state index in [1.54, 1.807) is 7.11 Å². The Hall–Kier alpha value is -0.120. The topological polar surface area (TPSA) is 24.5 Å². The molecule has 17 heavy (non-hydrogen) atoms. The Balaban J connectivity index is 2.16. The van der Waals surface area contributed by atoms with Crippen LogP contribution in [0.3, 0.4) is 0 Å². The third kappa shape index (κ3) is 5.36. The van der Waals surface area contributed by atoms with Crippen LogP contribution < -0.4 is 5.32 Å². The molecule has 1 rings (SSSR count). The van der Waals surface area contributed by atoms with Crippen LogP contribution in [0.25, 0.3) is 0 Å². The Morgan fingerprint density at radius 2 is 1.82 bits per heavy atom. The molecule has 0 bridgehead atoms. The maximum atomic E-state index is 5.08. The van der Waals surface area contributed by atoms with E-state index >= 15 is 0 Å². The maximum absolute atomic E-state index is 5.08. The number of likely N-dealkylation sites (N-methyl/N-ethyl adjacent to an activating group) is 1. The van der Waals surface area contributed by atoms with E-state index in [0.29, 0.717) is 0 Å². The molecule has 1 aliphatic rings. The number of nitrogens with one attached hydrogen (secondary N) is 1. The van der Waals surface area contributed by atoms with Crippen molar-refractivity contribution in [1.82, 2.24) is 10.2 Å². The fourth-order valence-electron chi connectivity index (χ4n) is 2.87. The van der Waals surface area contributed by atoms with Gasteiger partial charge in [0, 0.05) is 32.8 Å². The molecule has 0 aromatic heterocycles. The minimum atomic E-state index is 0.722. The van der Waals surface area contributed by atoms with Crippen LogP contribution in [0.5, 0.6) is 0 Å². The van der Waals surface area contributed by atoms with Gasteiger partial charge in [0.25, 0.3) is 0 Å². The largest absolute Gasteiger partial charge is 0.383 e. The Labute approximate surface area is 107 Å². The van der Waals surface area contributed by atoms with Crippen LogP contribution in [0.1, 0.15) is 33.1 Å². The van der Waals surface area contributed by atoms with Crippen molar-refractivity contribution in [3.8, 4) is 0 Å². The first-order valence-corrected chi connectivity index (χ1v) is 7.06. The Kier molecular flexibility index (Phi) is 7.09. The van der Waals surface area contributed by atoms with Crippen molar-refractivity contribution >= 4 is 0 Å². The van der Waals surface area contributed by atoms with Gasteiger partial charge in [-0.15, -0.1) is 0 Å². The van der Waals surface area contributed by atoms with E-state index in [4.69, 9.17) is 4.74 Å². The standard InChI is InChI=1S/C14H30N2O/c1-12-6-5-7-13(2)14(12)15-8-9-16(3)10-11-17-4/h12-15H,5-11H2,1-4H3. The number of rotatable bonds is 7. The zero-order valence-electron chi connectivity index (χ0n) is 12.0. The highest BCUT2D eigenvalue weighted by atomic mass is 16.5. The van der Waals surface area contributed by atoms with E-state index in [2.05, 4.69) is 31.1 Å². The molecule has 2 atom stereocenters. The van der Waals surface area contributed by atoms with Gasteiger partial charge in [0.05, 0.1) is 6.61 Å². The zero-order chi connectivity index (χ0) is 12.7. The van der Waals surface area contributed by atoms with Crippen molar-refractivity contribution in [3.05, 3.63) is 0 Å². The van der Waals surface area contributed by atoms with Crippen LogP contribution >= 0.6 is 0 Å². The number of methoxy groups -OCH3 is 1. The molecule has 3 nitrogen and oxygen atoms in total. The molecule has 0 aliphatic heterocycles. The zero-order valence-corrected chi connectivity index (χ0v) is 12.0. The normalized spacial score (nSPS) is 29.8. The lowest BCUT2D eigenvalue weighted by molar-refractivity contribution is 0.156. The number of hydrogen-bond donors (Lipinski definition) is 1. The summed E-state index contributed by atoms with van der Waals surface area (Å²) >= 11 is 0. The second-order valence-electron chi connectivity index (χ2n) is 5.66. The molecule has 3 heteroatoms. The summed E-state index contributed by atoms with van der Waals surface area (Å²) < 4.78 is 5.08. The third-order valence-corrected chi connectivity index (χ3v) is 4.10. The number of ether oxygens (including phenoxy) is 1. The van der Waals surface area contributed by atoms with Gasteiger partial charge in [-0.05, 0) is 31.7 Å². The summed E-state index contributed by atoms with van der Waals surface area (Å²) in [7, 11) is 3.92. The van der Waals surface area contributed by atoms with Crippen molar-refractivity contribution < 1.29 is 4.74 Å². The summed E-state index contributed by atoms with van der Waals surface area (Å²) in [5.74, 6) is 1.67. The second-order valence-corrected chi connectivity index (χ2v) is 5.66. The van der Waals surface area contributed by atoms with Gasteiger partial charge in [0.2, 0.25) is 0 Å². The minimum absolute atomic E-state index is 0.722. The second kappa shape index (κ2) is 8.06. The monoisotopic (exact) mass is 242 g/mol. The van der Waals surface area contributed by atoms with Crippen molar-refractivity contribution in [2.45, 2.75) is 39.2 Å². The van der Waals surface area contributed by atoms with E-state index in [9.17, 15) is 0 Å². The predicted octanol–water partition coefficient (Wildman–Crippen LogP) is 1.98. The first-order chi connectivity index (χ1) is 8.15. The highest BCUT2D eigenvalue weighted by Gasteiger charge is 2.26. The van der Waals surface area contributed by atoms with E-state index in [1.165, 1.54) is 19.3 Å². The van der Waals surface area contributed by atoms with Crippen LogP contribution in [-0.4, -0.2) is 51.3 Å². The summed E-state index contributed by atoms with van der Waals surface area (Å²) in [4.78, 5) is 2.33. The lowest BCUT2D eigenvalue weighted by atomic mass is 9.79. The maximum Gasteiger partial charge on any atom is 0.0589 e. The minimum Gasteiger partial charge on any atom is -0.383 e. The van der Waals surface area contributed by atoms with Crippen LogP contribution in [0.2, 0.25) is 0 Å². The summed E-state index contributed by atoms with van der Waals surface area (Å²) in [6, 6.07) is 0.722. The highest BCUT2D eigenvalue weighted by Crippen LogP contribution is 2.28. The molecule has 1 N–H and O–H groups in total. The van der Waals surface area contributed by atoms with Gasteiger partial charge in [0.1, 0.15) is 0 Å². The number of hydrogen-bond acceptors (Lipinski definition) is 3. The van der Waals surface area contributed by atoms with Crippen LogP contribution in [-0.2, 0) is 4.74 Å². The van der Waals surface area contributed by atoms with Crippen LogP contribution in [0, 0.1) is 11.8 Å². The first-order valence-electron chi connectivity index (χ1n) is 7.06. The Morgan fingerprint density at radius 1 is 1.18 bits per heavy atom. The molecule has 102 valence electrons. The number of nitrogens with zero attached hydrogens (tertiary/aromatic N) is 1. The van der Waals surface area contributed by atoms with Crippen LogP contribution in [0.4, 0.5) is 0 Å². The Bertz CT molecular complexity index is 189. The van der Waals surface area contributed by atoms with Gasteiger partial charge < -0.3 is 15.0 Å². The summed E-state index contributed by atoms with van der Waals surface area (Å²) in [5, 5.41) is 3.75. The molecular formula is C14H30N2O. The van der Waals surface area contributed by atoms with Gasteiger partial charge in [-0.25, -0.2) is 0 Å². The smallest absolute Gasteiger partial charge is 0.0589 e. The molecule has 0 radical (unpaired) electrons. The molecule has 1 aliphatic carbocycles. The molecule has 0 spiro atoms. The van der Waals surface area contributed by atoms with Crippen molar-refractivity contribution in [3.63, 3.8) is 0 Å². The van der Waals surface area contributed by atoms with E-state index in [1.807, 2.05) is 0 Å². The fourth-order valence-corrected chi connectivity index (χ4v) is 2.87. The fraction of sp³-hybridized carbons (Fsp3) is 1.00. The lowest BCUT2D eigenvalue weighted by Gasteiger charge is -2.35. The van der Waals surface area contributed by atoms with E-state index in [0.717, 1.165) is 44.1 Å². The van der Waals surface area contributed by atoms with E-state index in [-0.39, 0.29) is 0 Å². The van der Waals surface area contributed by atoms with Crippen LogP contribution in [0.15, 0.2) is 0 Å². The first kappa shape index (κ1) is 14.9. The Morgan fingerprint density at radius 3 is 2.41 bits per heavy atom. The van der Waals surface area contributed by atoms with Gasteiger partial charge in [-0.2, -0.15) is 0 Å². The SMILES string of the molecule is COCCN(C)CCNC1C(C)CCCC1C. The highest BCUT2D eigenvalue weighted by molar-refractivity contribution is 4.83.